The smallest absolute Gasteiger partial charge is 0.297 e. The quantitative estimate of drug-likeness (QED) is 0.635. The van der Waals surface area contributed by atoms with Gasteiger partial charge in [0.2, 0.25) is 0 Å². The molecule has 0 aromatic heterocycles. The van der Waals surface area contributed by atoms with E-state index in [0.717, 1.165) is 10.9 Å². The van der Waals surface area contributed by atoms with Gasteiger partial charge in [0.25, 0.3) is 13.1 Å². The first kappa shape index (κ1) is 18.9. The molecule has 4 nitrogen and oxygen atoms in total. The lowest BCUT2D eigenvalue weighted by molar-refractivity contribution is 0.0217. The summed E-state index contributed by atoms with van der Waals surface area (Å²) >= 11 is 0. The molecule has 0 bridgehead atoms. The molecule has 0 aliphatic carbocycles. The number of fused-ring (bicyclic) bond motifs is 4. The van der Waals surface area contributed by atoms with Crippen LogP contribution in [0.1, 0.15) is 38.8 Å². The summed E-state index contributed by atoms with van der Waals surface area (Å²) in [6, 6.07) is 17.0. The van der Waals surface area contributed by atoms with E-state index in [0.29, 0.717) is 26.4 Å². The summed E-state index contributed by atoms with van der Waals surface area (Å²) in [5.74, 6) is 0. The van der Waals surface area contributed by atoms with E-state index in [1.165, 1.54) is 22.1 Å². The average Bonchev–Trinajstić information content (AvgIpc) is 2.72. The molecule has 2 spiro atoms. The third-order valence-corrected chi connectivity index (χ3v) is 7.21. The maximum Gasteiger partial charge on any atom is 0.297 e. The first-order chi connectivity index (χ1) is 14.3. The Kier molecular flexibility index (Phi) is 3.71. The molecule has 2 saturated heterocycles. The molecule has 30 heavy (non-hydrogen) atoms. The zero-order chi connectivity index (χ0) is 20.8. The molecule has 2 aromatic carbocycles. The number of benzene rings is 2. The second-order valence-electron chi connectivity index (χ2n) is 11.0. The predicted molar refractivity (Wildman–Crippen MR) is 122 cm³/mol. The highest BCUT2D eigenvalue weighted by Crippen LogP contribution is 2.52. The SMILES string of the molecule is CC1(C)CO[B-]2(OC1)/C(=C1/c3ccccc3[B-]13OCC(C)(C)CO3)c1ccccc12. The third kappa shape index (κ3) is 2.34. The van der Waals surface area contributed by atoms with E-state index in [-0.39, 0.29) is 10.8 Å². The van der Waals surface area contributed by atoms with Crippen molar-refractivity contribution in [2.45, 2.75) is 27.7 Å². The Labute approximate surface area is 178 Å². The van der Waals surface area contributed by atoms with Crippen LogP contribution < -0.4 is 10.9 Å². The van der Waals surface area contributed by atoms with Crippen LogP contribution in [0.4, 0.5) is 0 Å². The molecule has 0 radical (unpaired) electrons. The molecule has 6 rings (SSSR count). The van der Waals surface area contributed by atoms with Gasteiger partial charge in [-0.15, -0.1) is 10.9 Å². The molecule has 4 aliphatic rings. The Balaban J connectivity index is 1.56. The first-order valence-corrected chi connectivity index (χ1v) is 11.1. The van der Waals surface area contributed by atoms with Crippen LogP contribution in [-0.4, -0.2) is 39.5 Å². The Bertz CT molecular complexity index is 983. The van der Waals surface area contributed by atoms with Gasteiger partial charge in [-0.05, 0) is 0 Å². The van der Waals surface area contributed by atoms with Crippen LogP contribution in [0.5, 0.6) is 0 Å². The summed E-state index contributed by atoms with van der Waals surface area (Å²) in [6.07, 6.45) is 0. The zero-order valence-electron chi connectivity index (χ0n) is 18.2. The van der Waals surface area contributed by atoms with Crippen molar-refractivity contribution in [1.29, 1.82) is 0 Å². The fourth-order valence-electron chi connectivity index (χ4n) is 5.66. The number of hydrogen-bond acceptors (Lipinski definition) is 4. The molecule has 2 fully saturated rings. The van der Waals surface area contributed by atoms with Crippen molar-refractivity contribution in [3.8, 4) is 0 Å². The van der Waals surface area contributed by atoms with Gasteiger partial charge >= 0.3 is 0 Å². The second-order valence-corrected chi connectivity index (χ2v) is 11.0. The van der Waals surface area contributed by atoms with Crippen LogP contribution in [0.25, 0.3) is 10.9 Å². The maximum atomic E-state index is 6.58. The van der Waals surface area contributed by atoms with Crippen LogP contribution >= 0.6 is 0 Å². The van der Waals surface area contributed by atoms with E-state index in [1.54, 1.807) is 0 Å². The van der Waals surface area contributed by atoms with Gasteiger partial charge < -0.3 is 18.6 Å². The highest BCUT2D eigenvalue weighted by atomic mass is 16.6. The average molecular weight is 402 g/mol. The van der Waals surface area contributed by atoms with E-state index in [4.69, 9.17) is 18.6 Å². The lowest BCUT2D eigenvalue weighted by Crippen LogP contribution is -2.73. The summed E-state index contributed by atoms with van der Waals surface area (Å²) in [4.78, 5) is 0. The van der Waals surface area contributed by atoms with E-state index in [1.807, 2.05) is 0 Å². The van der Waals surface area contributed by atoms with Crippen LogP contribution in [-0.2, 0) is 18.6 Å². The van der Waals surface area contributed by atoms with Crippen molar-refractivity contribution in [2.75, 3.05) is 26.4 Å². The van der Waals surface area contributed by atoms with Crippen LogP contribution in [0.15, 0.2) is 48.5 Å². The predicted octanol–water partition coefficient (Wildman–Crippen LogP) is 3.15. The van der Waals surface area contributed by atoms with Gasteiger partial charge in [-0.1, -0.05) is 87.4 Å². The minimum absolute atomic E-state index is 0.00945. The normalized spacial score (nSPS) is 28.9. The highest BCUT2D eigenvalue weighted by Gasteiger charge is 2.55. The van der Waals surface area contributed by atoms with E-state index < -0.39 is 13.1 Å². The molecule has 4 aliphatic heterocycles. The van der Waals surface area contributed by atoms with Crippen molar-refractivity contribution in [3.05, 3.63) is 59.7 Å². The van der Waals surface area contributed by atoms with E-state index in [9.17, 15) is 0 Å². The van der Waals surface area contributed by atoms with Crippen molar-refractivity contribution < 1.29 is 18.6 Å². The van der Waals surface area contributed by atoms with E-state index in [2.05, 4.69) is 76.2 Å². The summed E-state index contributed by atoms with van der Waals surface area (Å²) in [6.45, 7) is 8.12. The Morgan fingerprint density at radius 3 is 1.27 bits per heavy atom. The van der Waals surface area contributed by atoms with Gasteiger partial charge in [-0.2, -0.15) is 10.9 Å². The fraction of sp³-hybridized carbons (Fsp3) is 0.417. The van der Waals surface area contributed by atoms with Gasteiger partial charge in [0.05, 0.1) is 0 Å². The molecule has 156 valence electrons. The molecule has 0 N–H and O–H groups in total. The van der Waals surface area contributed by atoms with Gasteiger partial charge in [-0.25, -0.2) is 0 Å². The standard InChI is InChI=1S/C24H28B2O4/c1-23(2)13-27-25(28-14-23)19-11-7-5-9-17(19)21(25)22-18-10-6-8-12-20(18)26(22)29-15-24(3,4)16-30-26/h5-12H,13-16H2,1-4H3/q-2/b22-21-. The minimum atomic E-state index is -1.66. The van der Waals surface area contributed by atoms with Crippen LogP contribution in [0.2, 0.25) is 0 Å². The molecule has 4 heterocycles. The zero-order valence-corrected chi connectivity index (χ0v) is 18.2. The largest absolute Gasteiger partial charge is 0.560 e. The van der Waals surface area contributed by atoms with E-state index >= 15 is 0 Å². The van der Waals surface area contributed by atoms with Gasteiger partial charge in [-0.3, -0.25) is 0 Å². The van der Waals surface area contributed by atoms with Crippen molar-refractivity contribution in [2.24, 2.45) is 10.8 Å². The summed E-state index contributed by atoms with van der Waals surface area (Å²) in [5.41, 5.74) is 7.08. The van der Waals surface area contributed by atoms with Gasteiger partial charge in [0, 0.05) is 37.3 Å². The van der Waals surface area contributed by atoms with Crippen LogP contribution in [0, 0.1) is 10.8 Å². The first-order valence-electron chi connectivity index (χ1n) is 11.1. The van der Waals surface area contributed by atoms with Crippen LogP contribution in [0.3, 0.4) is 0 Å². The lowest BCUT2D eigenvalue weighted by Gasteiger charge is -2.66. The number of hydrogen-bond donors (Lipinski definition) is 0. The Hall–Kier alpha value is -1.85. The summed E-state index contributed by atoms with van der Waals surface area (Å²) in [7, 11) is 0. The maximum absolute atomic E-state index is 6.58. The lowest BCUT2D eigenvalue weighted by atomic mass is 9.24. The molecule has 0 atom stereocenters. The minimum Gasteiger partial charge on any atom is -0.560 e. The van der Waals surface area contributed by atoms with Gasteiger partial charge in [0.15, 0.2) is 0 Å². The summed E-state index contributed by atoms with van der Waals surface area (Å²) in [5, 5.41) is 0. The molecular weight excluding hydrogens is 374 g/mol. The summed E-state index contributed by atoms with van der Waals surface area (Å²) < 4.78 is 26.3. The molecule has 0 amide bonds. The Morgan fingerprint density at radius 1 is 0.567 bits per heavy atom. The van der Waals surface area contributed by atoms with Crippen molar-refractivity contribution >= 4 is 35.0 Å². The van der Waals surface area contributed by atoms with Crippen molar-refractivity contribution in [1.82, 2.24) is 0 Å². The van der Waals surface area contributed by atoms with Gasteiger partial charge in [0.1, 0.15) is 0 Å². The monoisotopic (exact) mass is 402 g/mol. The highest BCUT2D eigenvalue weighted by molar-refractivity contribution is 7.13. The Morgan fingerprint density at radius 2 is 0.900 bits per heavy atom. The topological polar surface area (TPSA) is 36.9 Å². The second kappa shape index (κ2) is 5.89. The van der Waals surface area contributed by atoms with Crippen molar-refractivity contribution in [3.63, 3.8) is 0 Å². The molecular formula is C24H28B2O4-2. The number of rotatable bonds is 0. The molecule has 2 aromatic rings. The third-order valence-electron chi connectivity index (χ3n) is 7.21. The molecule has 0 saturated carbocycles. The molecule has 6 heteroatoms. The molecule has 0 unspecified atom stereocenters. The fourth-order valence-corrected chi connectivity index (χ4v) is 5.66.